The zero-order valence-corrected chi connectivity index (χ0v) is 20.1. The lowest BCUT2D eigenvalue weighted by Gasteiger charge is -2.30. The third kappa shape index (κ3) is 5.58. The molecule has 0 radical (unpaired) electrons. The summed E-state index contributed by atoms with van der Waals surface area (Å²) in [5, 5.41) is 1.52. The van der Waals surface area contributed by atoms with Gasteiger partial charge >= 0.3 is 16.2 Å². The molecule has 0 aliphatic rings. The van der Waals surface area contributed by atoms with Crippen LogP contribution in [0.3, 0.4) is 0 Å². The van der Waals surface area contributed by atoms with Crippen molar-refractivity contribution in [2.75, 3.05) is 4.72 Å². The average molecular weight is 473 g/mol. The van der Waals surface area contributed by atoms with Crippen molar-refractivity contribution in [3.05, 3.63) is 48.9 Å². The fourth-order valence-corrected chi connectivity index (χ4v) is 5.14. The smallest absolute Gasteiger partial charge is 0.311 e. The second-order valence-electron chi connectivity index (χ2n) is 7.90. The SMILES string of the molecule is CCC(=O)Oc1c(NS(=O)(=O)N(C(C)C)C(C)C)cccc1Oc1nccc2cnccc12. The lowest BCUT2D eigenvalue weighted by molar-refractivity contribution is -0.134. The Hall–Kier alpha value is -3.24. The third-order valence-corrected chi connectivity index (χ3v) is 6.63. The minimum absolute atomic E-state index is 0.0340. The number of nitrogens with one attached hydrogen (secondary N) is 1. The number of hydrogen-bond donors (Lipinski definition) is 1. The number of carbonyl (C=O) groups excluding carboxylic acids is 1. The first-order valence-electron chi connectivity index (χ1n) is 10.7. The van der Waals surface area contributed by atoms with E-state index in [9.17, 15) is 13.2 Å². The molecule has 10 heteroatoms. The van der Waals surface area contributed by atoms with Gasteiger partial charge < -0.3 is 9.47 Å². The minimum atomic E-state index is -3.95. The largest absolute Gasteiger partial charge is 0.434 e. The molecule has 2 heterocycles. The van der Waals surface area contributed by atoms with Crippen molar-refractivity contribution in [1.29, 1.82) is 0 Å². The summed E-state index contributed by atoms with van der Waals surface area (Å²) in [7, 11) is -3.95. The van der Waals surface area contributed by atoms with Gasteiger partial charge in [-0.2, -0.15) is 12.7 Å². The van der Waals surface area contributed by atoms with E-state index in [1.165, 1.54) is 10.4 Å². The van der Waals surface area contributed by atoms with Gasteiger partial charge in [-0.15, -0.1) is 0 Å². The van der Waals surface area contributed by atoms with Crippen LogP contribution in [0.4, 0.5) is 5.69 Å². The lowest BCUT2D eigenvalue weighted by atomic mass is 10.2. The molecule has 0 fully saturated rings. The summed E-state index contributed by atoms with van der Waals surface area (Å²) < 4.78 is 41.7. The van der Waals surface area contributed by atoms with Gasteiger partial charge in [-0.1, -0.05) is 13.0 Å². The van der Waals surface area contributed by atoms with E-state index >= 15 is 0 Å². The number of anilines is 1. The van der Waals surface area contributed by atoms with E-state index in [1.807, 2.05) is 0 Å². The summed E-state index contributed by atoms with van der Waals surface area (Å²) in [6.07, 6.45) is 4.97. The quantitative estimate of drug-likeness (QED) is 0.360. The van der Waals surface area contributed by atoms with Crippen LogP contribution in [0.2, 0.25) is 0 Å². The first-order valence-corrected chi connectivity index (χ1v) is 12.1. The number of nitrogens with zero attached hydrogens (tertiary/aromatic N) is 3. The summed E-state index contributed by atoms with van der Waals surface area (Å²) in [5.41, 5.74) is 0.0857. The van der Waals surface area contributed by atoms with Gasteiger partial charge in [0, 0.05) is 47.9 Å². The van der Waals surface area contributed by atoms with Crippen LogP contribution in [0.1, 0.15) is 41.0 Å². The molecule has 0 amide bonds. The van der Waals surface area contributed by atoms with Crippen LogP contribution in [0, 0.1) is 0 Å². The van der Waals surface area contributed by atoms with Gasteiger partial charge in [0.2, 0.25) is 5.88 Å². The van der Waals surface area contributed by atoms with Crippen LogP contribution in [0.25, 0.3) is 10.8 Å². The fourth-order valence-electron chi connectivity index (χ4n) is 3.49. The molecule has 2 aromatic heterocycles. The first-order chi connectivity index (χ1) is 15.6. The summed E-state index contributed by atoms with van der Waals surface area (Å²) in [4.78, 5) is 20.6. The predicted octanol–water partition coefficient (Wildman–Crippen LogP) is 4.51. The molecule has 1 aromatic carbocycles. The normalized spacial score (nSPS) is 11.9. The standard InChI is InChI=1S/C23H28N4O5S/c1-6-21(28)32-22-19(26-33(29,30)27(15(2)3)16(4)5)8-7-9-20(22)31-23-18-11-12-24-14-17(18)10-13-25-23/h7-16,26H,6H2,1-5H3. The zero-order chi connectivity index (χ0) is 24.2. The maximum atomic E-state index is 13.1. The van der Waals surface area contributed by atoms with Crippen LogP contribution < -0.4 is 14.2 Å². The molecule has 0 saturated carbocycles. The van der Waals surface area contributed by atoms with Crippen molar-refractivity contribution in [3.63, 3.8) is 0 Å². The van der Waals surface area contributed by atoms with Crippen LogP contribution in [-0.4, -0.2) is 40.7 Å². The fraction of sp³-hybridized carbons (Fsp3) is 0.348. The Balaban J connectivity index is 2.07. The topological polar surface area (TPSA) is 111 Å². The highest BCUT2D eigenvalue weighted by atomic mass is 32.2. The van der Waals surface area contributed by atoms with Crippen LogP contribution in [0.15, 0.2) is 48.9 Å². The monoisotopic (exact) mass is 472 g/mol. The molecule has 0 bridgehead atoms. The number of benzene rings is 1. The van der Waals surface area contributed by atoms with Gasteiger partial charge in [-0.05, 0) is 52.0 Å². The Morgan fingerprint density at radius 2 is 1.82 bits per heavy atom. The van der Waals surface area contributed by atoms with E-state index in [-0.39, 0.29) is 41.6 Å². The molecule has 0 atom stereocenters. The molecular formula is C23H28N4O5S. The minimum Gasteiger partial charge on any atom is -0.434 e. The van der Waals surface area contributed by atoms with E-state index in [0.29, 0.717) is 5.39 Å². The Bertz CT molecular complexity index is 1230. The summed E-state index contributed by atoms with van der Waals surface area (Å²) >= 11 is 0. The number of hydrogen-bond acceptors (Lipinski definition) is 7. The maximum absolute atomic E-state index is 13.1. The molecule has 0 saturated heterocycles. The van der Waals surface area contributed by atoms with E-state index in [4.69, 9.17) is 9.47 Å². The molecule has 0 aliphatic carbocycles. The van der Waals surface area contributed by atoms with Crippen molar-refractivity contribution < 1.29 is 22.7 Å². The number of para-hydroxylation sites is 1. The van der Waals surface area contributed by atoms with Crippen molar-refractivity contribution in [1.82, 2.24) is 14.3 Å². The highest BCUT2D eigenvalue weighted by Gasteiger charge is 2.29. The van der Waals surface area contributed by atoms with E-state index in [0.717, 1.165) is 5.39 Å². The van der Waals surface area contributed by atoms with Crippen molar-refractivity contribution in [2.45, 2.75) is 53.1 Å². The number of ether oxygens (including phenoxy) is 2. The molecule has 0 aliphatic heterocycles. The second-order valence-corrected chi connectivity index (χ2v) is 9.48. The molecule has 9 nitrogen and oxygen atoms in total. The van der Waals surface area contributed by atoms with Gasteiger partial charge in [0.15, 0.2) is 11.5 Å². The molecule has 0 spiro atoms. The molecule has 3 aromatic rings. The second kappa shape index (κ2) is 10.1. The molecular weight excluding hydrogens is 444 g/mol. The molecule has 176 valence electrons. The summed E-state index contributed by atoms with van der Waals surface area (Å²) in [5.74, 6) is -0.149. The Labute approximate surface area is 193 Å². The zero-order valence-electron chi connectivity index (χ0n) is 19.3. The Kier molecular flexibility index (Phi) is 7.50. The molecule has 1 N–H and O–H groups in total. The van der Waals surface area contributed by atoms with Crippen LogP contribution >= 0.6 is 0 Å². The number of carbonyl (C=O) groups is 1. The maximum Gasteiger partial charge on any atom is 0.311 e. The molecule has 3 rings (SSSR count). The van der Waals surface area contributed by atoms with Gasteiger partial charge in [0.1, 0.15) is 0 Å². The lowest BCUT2D eigenvalue weighted by Crippen LogP contribution is -2.45. The van der Waals surface area contributed by atoms with Crippen LogP contribution in [0.5, 0.6) is 17.4 Å². The van der Waals surface area contributed by atoms with Crippen LogP contribution in [-0.2, 0) is 15.0 Å². The van der Waals surface area contributed by atoms with E-state index in [1.54, 1.807) is 77.5 Å². The number of esters is 1. The van der Waals surface area contributed by atoms with Gasteiger partial charge in [0.05, 0.1) is 5.69 Å². The van der Waals surface area contributed by atoms with Gasteiger partial charge in [-0.25, -0.2) is 4.98 Å². The average Bonchev–Trinajstić information content (AvgIpc) is 2.75. The molecule has 0 unspecified atom stereocenters. The number of aromatic nitrogens is 2. The highest BCUT2D eigenvalue weighted by molar-refractivity contribution is 7.90. The summed E-state index contributed by atoms with van der Waals surface area (Å²) in [6, 6.07) is 7.70. The molecule has 33 heavy (non-hydrogen) atoms. The predicted molar refractivity (Wildman–Crippen MR) is 127 cm³/mol. The van der Waals surface area contributed by atoms with E-state index in [2.05, 4.69) is 14.7 Å². The number of pyridine rings is 2. The Morgan fingerprint density at radius 3 is 2.48 bits per heavy atom. The Morgan fingerprint density at radius 1 is 1.09 bits per heavy atom. The van der Waals surface area contributed by atoms with Gasteiger partial charge in [0.25, 0.3) is 0 Å². The first kappa shape index (κ1) is 24.4. The number of fused-ring (bicyclic) bond motifs is 1. The van der Waals surface area contributed by atoms with Crippen molar-refractivity contribution in [3.8, 4) is 17.4 Å². The van der Waals surface area contributed by atoms with Crippen molar-refractivity contribution in [2.24, 2.45) is 0 Å². The highest BCUT2D eigenvalue weighted by Crippen LogP contribution is 2.40. The van der Waals surface area contributed by atoms with E-state index < -0.39 is 16.2 Å². The van der Waals surface area contributed by atoms with Crippen molar-refractivity contribution >= 4 is 32.6 Å². The number of rotatable bonds is 9. The summed E-state index contributed by atoms with van der Waals surface area (Å²) in [6.45, 7) is 8.81. The third-order valence-electron chi connectivity index (χ3n) is 4.75. The van der Waals surface area contributed by atoms with Gasteiger partial charge in [-0.3, -0.25) is 14.5 Å².